The van der Waals surface area contributed by atoms with Crippen molar-refractivity contribution in [2.24, 2.45) is 5.10 Å². The van der Waals surface area contributed by atoms with Crippen LogP contribution >= 0.6 is 24.0 Å². The molecule has 1 aliphatic rings. The number of carbonyl (C=O) groups is 1. The van der Waals surface area contributed by atoms with E-state index in [1.807, 2.05) is 43.3 Å². The first-order chi connectivity index (χ1) is 11.5. The Morgan fingerprint density at radius 2 is 2.00 bits per heavy atom. The quantitative estimate of drug-likeness (QED) is 0.475. The van der Waals surface area contributed by atoms with Gasteiger partial charge in [0.1, 0.15) is 5.76 Å². The summed E-state index contributed by atoms with van der Waals surface area (Å²) < 4.78 is 5.63. The second-order valence-corrected chi connectivity index (χ2v) is 6.92. The highest BCUT2D eigenvalue weighted by molar-refractivity contribution is 8.26. The van der Waals surface area contributed by atoms with Crippen molar-refractivity contribution in [3.05, 3.63) is 58.9 Å². The van der Waals surface area contributed by atoms with Gasteiger partial charge in [0.25, 0.3) is 5.91 Å². The molecule has 0 unspecified atom stereocenters. The normalized spacial score (nSPS) is 16.6. The molecule has 0 aliphatic carbocycles. The van der Waals surface area contributed by atoms with Crippen molar-refractivity contribution in [3.8, 4) is 0 Å². The van der Waals surface area contributed by atoms with Gasteiger partial charge in [-0.2, -0.15) is 10.1 Å². The molecule has 0 N–H and O–H groups in total. The number of nitrogens with zero attached hydrogens (tertiary/aromatic N) is 3. The zero-order valence-corrected chi connectivity index (χ0v) is 14.8. The molecule has 5 nitrogen and oxygen atoms in total. The molecule has 1 aliphatic heterocycles. The molecule has 0 spiro atoms. The number of hydrogen-bond donors (Lipinski definition) is 0. The van der Waals surface area contributed by atoms with Gasteiger partial charge in [-0.3, -0.25) is 4.79 Å². The fourth-order valence-electron chi connectivity index (χ4n) is 2.04. The highest BCUT2D eigenvalue weighted by atomic mass is 32.2. The van der Waals surface area contributed by atoms with Crippen LogP contribution in [0.1, 0.15) is 11.3 Å². The van der Waals surface area contributed by atoms with E-state index in [1.165, 1.54) is 16.8 Å². The van der Waals surface area contributed by atoms with Crippen LogP contribution in [0.4, 0.5) is 5.69 Å². The van der Waals surface area contributed by atoms with Gasteiger partial charge < -0.3 is 9.32 Å². The molecule has 0 bridgehead atoms. The number of benzene rings is 1. The first-order valence-corrected chi connectivity index (χ1v) is 8.40. The van der Waals surface area contributed by atoms with Crippen LogP contribution in [0.5, 0.6) is 0 Å². The Labute approximate surface area is 149 Å². The van der Waals surface area contributed by atoms with Crippen molar-refractivity contribution < 1.29 is 9.21 Å². The topological polar surface area (TPSA) is 49.0 Å². The second-order valence-electron chi connectivity index (χ2n) is 5.24. The fraction of sp³-hybridized carbons (Fsp3) is 0.118. The molecule has 2 heterocycles. The van der Waals surface area contributed by atoms with Crippen LogP contribution < -0.4 is 4.90 Å². The number of hydrogen-bond acceptors (Lipinski definition) is 6. The average molecular weight is 357 g/mol. The molecule has 0 radical (unpaired) electrons. The Balaban J connectivity index is 1.75. The fourth-order valence-corrected chi connectivity index (χ4v) is 3.20. The molecule has 1 amide bonds. The zero-order chi connectivity index (χ0) is 17.1. The number of thiocarbonyl (C=S) groups is 1. The number of carbonyl (C=O) groups excluding carboxylic acids is 1. The predicted octanol–water partition coefficient (Wildman–Crippen LogP) is 3.58. The number of thioether (sulfide) groups is 1. The van der Waals surface area contributed by atoms with Crippen molar-refractivity contribution in [2.45, 2.75) is 0 Å². The minimum absolute atomic E-state index is 0.248. The highest BCUT2D eigenvalue weighted by Gasteiger charge is 2.32. The highest BCUT2D eigenvalue weighted by Crippen LogP contribution is 2.32. The minimum atomic E-state index is -0.248. The van der Waals surface area contributed by atoms with E-state index < -0.39 is 0 Å². The maximum atomic E-state index is 12.4. The summed E-state index contributed by atoms with van der Waals surface area (Å²) in [4.78, 5) is 14.9. The van der Waals surface area contributed by atoms with Crippen LogP contribution in [-0.4, -0.2) is 35.5 Å². The van der Waals surface area contributed by atoms with Crippen molar-refractivity contribution in [1.82, 2.24) is 5.01 Å². The lowest BCUT2D eigenvalue weighted by Gasteiger charge is -2.12. The van der Waals surface area contributed by atoms with Crippen molar-refractivity contribution in [2.75, 3.05) is 19.0 Å². The molecule has 122 valence electrons. The van der Waals surface area contributed by atoms with Gasteiger partial charge in [0.2, 0.25) is 0 Å². The lowest BCUT2D eigenvalue weighted by Crippen LogP contribution is -2.22. The number of amides is 1. The van der Waals surface area contributed by atoms with Crippen LogP contribution in [0.15, 0.2) is 57.1 Å². The summed E-state index contributed by atoms with van der Waals surface area (Å²) in [6, 6.07) is 11.4. The third-order valence-electron chi connectivity index (χ3n) is 3.32. The molecule has 0 saturated carbocycles. The Morgan fingerprint density at radius 3 is 2.62 bits per heavy atom. The first-order valence-electron chi connectivity index (χ1n) is 7.17. The number of hydrazone groups is 1. The standard InChI is InChI=1S/C17H15N3O2S2/c1-19(2)13-7-5-12(6-8-13)11-18-20-16(21)15(24-17(20)23)10-14-4-3-9-22-14/h3-11H,1-2H3. The largest absolute Gasteiger partial charge is 0.465 e. The van der Waals surface area contributed by atoms with Crippen LogP contribution in [-0.2, 0) is 4.79 Å². The monoisotopic (exact) mass is 357 g/mol. The van der Waals surface area contributed by atoms with Gasteiger partial charge >= 0.3 is 0 Å². The smallest absolute Gasteiger partial charge is 0.286 e. The zero-order valence-electron chi connectivity index (χ0n) is 13.2. The van der Waals surface area contributed by atoms with Gasteiger partial charge in [-0.25, -0.2) is 0 Å². The lowest BCUT2D eigenvalue weighted by molar-refractivity contribution is -0.122. The Morgan fingerprint density at radius 1 is 1.25 bits per heavy atom. The van der Waals surface area contributed by atoms with E-state index in [1.54, 1.807) is 30.7 Å². The van der Waals surface area contributed by atoms with E-state index in [-0.39, 0.29) is 5.91 Å². The van der Waals surface area contributed by atoms with E-state index in [0.29, 0.717) is 15.0 Å². The SMILES string of the molecule is CN(C)c1ccc(C=NN2C(=O)C(=Cc3ccco3)SC2=S)cc1. The van der Waals surface area contributed by atoms with E-state index in [9.17, 15) is 4.79 Å². The molecule has 1 saturated heterocycles. The lowest BCUT2D eigenvalue weighted by atomic mass is 10.2. The van der Waals surface area contributed by atoms with Gasteiger partial charge in [-0.05, 0) is 42.0 Å². The maximum absolute atomic E-state index is 12.4. The third-order valence-corrected chi connectivity index (χ3v) is 4.60. The van der Waals surface area contributed by atoms with Crippen LogP contribution in [0, 0.1) is 0 Å². The Hall–Kier alpha value is -2.38. The Kier molecular flexibility index (Phi) is 4.82. The van der Waals surface area contributed by atoms with E-state index in [0.717, 1.165) is 11.3 Å². The van der Waals surface area contributed by atoms with E-state index in [2.05, 4.69) is 5.10 Å². The van der Waals surface area contributed by atoms with Crippen molar-refractivity contribution in [1.29, 1.82) is 0 Å². The molecule has 1 aromatic carbocycles. The maximum Gasteiger partial charge on any atom is 0.286 e. The summed E-state index contributed by atoms with van der Waals surface area (Å²) in [6.45, 7) is 0. The first kappa shape index (κ1) is 16.5. The number of anilines is 1. The summed E-state index contributed by atoms with van der Waals surface area (Å²) >= 11 is 6.45. The van der Waals surface area contributed by atoms with Crippen LogP contribution in [0.2, 0.25) is 0 Å². The van der Waals surface area contributed by atoms with E-state index in [4.69, 9.17) is 16.6 Å². The molecule has 1 fully saturated rings. The number of rotatable bonds is 4. The van der Waals surface area contributed by atoms with Gasteiger partial charge in [0.15, 0.2) is 4.32 Å². The molecular formula is C17H15N3O2S2. The molecular weight excluding hydrogens is 342 g/mol. The van der Waals surface area contributed by atoms with Crippen molar-refractivity contribution >= 4 is 52.2 Å². The molecule has 7 heteroatoms. The molecule has 1 aromatic heterocycles. The summed E-state index contributed by atoms with van der Waals surface area (Å²) in [5.74, 6) is 0.362. The van der Waals surface area contributed by atoms with Crippen LogP contribution in [0.3, 0.4) is 0 Å². The molecule has 24 heavy (non-hydrogen) atoms. The van der Waals surface area contributed by atoms with Gasteiger partial charge in [0, 0.05) is 25.9 Å². The van der Waals surface area contributed by atoms with Crippen LogP contribution in [0.25, 0.3) is 6.08 Å². The molecule has 3 rings (SSSR count). The number of furan rings is 1. The van der Waals surface area contributed by atoms with Gasteiger partial charge in [0.05, 0.1) is 17.4 Å². The second kappa shape index (κ2) is 7.02. The van der Waals surface area contributed by atoms with E-state index >= 15 is 0 Å². The molecule has 0 atom stereocenters. The Bertz CT molecular complexity index is 809. The van der Waals surface area contributed by atoms with Crippen molar-refractivity contribution in [3.63, 3.8) is 0 Å². The predicted molar refractivity (Wildman–Crippen MR) is 102 cm³/mol. The summed E-state index contributed by atoms with van der Waals surface area (Å²) in [5.41, 5.74) is 1.99. The van der Waals surface area contributed by atoms with Gasteiger partial charge in [-0.1, -0.05) is 23.9 Å². The summed E-state index contributed by atoms with van der Waals surface area (Å²) in [5, 5.41) is 5.45. The summed E-state index contributed by atoms with van der Waals surface area (Å²) in [6.07, 6.45) is 4.85. The molecule has 2 aromatic rings. The minimum Gasteiger partial charge on any atom is -0.465 e. The third kappa shape index (κ3) is 3.58. The van der Waals surface area contributed by atoms with Gasteiger partial charge in [-0.15, -0.1) is 0 Å². The summed E-state index contributed by atoms with van der Waals surface area (Å²) in [7, 11) is 3.96. The average Bonchev–Trinajstić information content (AvgIpc) is 3.16.